The Bertz CT molecular complexity index is 912. The summed E-state index contributed by atoms with van der Waals surface area (Å²) in [6.45, 7) is 7.07. The number of hydrogen-bond acceptors (Lipinski definition) is 6. The van der Waals surface area contributed by atoms with Gasteiger partial charge in [0.05, 0.1) is 42.2 Å². The predicted molar refractivity (Wildman–Crippen MR) is 119 cm³/mol. The molecule has 0 bridgehead atoms. The molecule has 1 aliphatic rings. The molecule has 1 amide bonds. The quantitative estimate of drug-likeness (QED) is 0.605. The van der Waals surface area contributed by atoms with Gasteiger partial charge in [0.25, 0.3) is 5.91 Å². The minimum atomic E-state index is -0.418. The molecule has 2 aromatic rings. The average Bonchev–Trinajstić information content (AvgIpc) is 2.76. The maximum atomic E-state index is 12.7. The third kappa shape index (κ3) is 5.31. The zero-order valence-corrected chi connectivity index (χ0v) is 18.7. The fourth-order valence-corrected chi connectivity index (χ4v) is 3.68. The van der Waals surface area contributed by atoms with Gasteiger partial charge in [-0.3, -0.25) is 4.79 Å². The van der Waals surface area contributed by atoms with E-state index in [2.05, 4.69) is 26.1 Å². The fraction of sp³-hybridized carbons (Fsp3) is 0.364. The molecule has 0 atom stereocenters. The molecule has 7 nitrogen and oxygen atoms in total. The van der Waals surface area contributed by atoms with E-state index in [0.29, 0.717) is 59.9 Å². The van der Waals surface area contributed by atoms with Crippen molar-refractivity contribution in [2.24, 2.45) is 0 Å². The lowest BCUT2D eigenvalue weighted by atomic mass is 10.1. The van der Waals surface area contributed by atoms with Crippen molar-refractivity contribution in [3.05, 3.63) is 52.0 Å². The largest absolute Gasteiger partial charge is 0.493 e. The summed E-state index contributed by atoms with van der Waals surface area (Å²) in [5.74, 6) is -0.0277. The number of anilines is 2. The molecule has 0 radical (unpaired) electrons. The second-order valence-electron chi connectivity index (χ2n) is 6.58. The average molecular weight is 477 g/mol. The zero-order valence-electron chi connectivity index (χ0n) is 17.1. The monoisotopic (exact) mass is 476 g/mol. The lowest BCUT2D eigenvalue weighted by Crippen LogP contribution is -2.37. The van der Waals surface area contributed by atoms with Crippen molar-refractivity contribution in [3.8, 4) is 5.75 Å². The van der Waals surface area contributed by atoms with Crippen LogP contribution in [0, 0.1) is 0 Å². The summed E-state index contributed by atoms with van der Waals surface area (Å²) in [6.07, 6.45) is 0. The molecule has 2 aromatic carbocycles. The number of nitrogens with zero attached hydrogens (tertiary/aromatic N) is 1. The van der Waals surface area contributed by atoms with Crippen molar-refractivity contribution in [3.63, 3.8) is 0 Å². The Balaban J connectivity index is 1.83. The first-order valence-corrected chi connectivity index (χ1v) is 10.7. The third-order valence-electron chi connectivity index (χ3n) is 4.60. The highest BCUT2D eigenvalue weighted by Gasteiger charge is 2.21. The lowest BCUT2D eigenvalue weighted by Gasteiger charge is -2.30. The third-order valence-corrected chi connectivity index (χ3v) is 5.22. The number of halogens is 1. The van der Waals surface area contributed by atoms with E-state index in [1.807, 2.05) is 13.0 Å². The number of ether oxygens (including phenoxy) is 3. The summed E-state index contributed by atoms with van der Waals surface area (Å²) in [5.41, 5.74) is 2.19. The minimum absolute atomic E-state index is 0.276. The molecule has 0 aliphatic carbocycles. The Labute approximate surface area is 184 Å². The van der Waals surface area contributed by atoms with Crippen LogP contribution >= 0.6 is 15.9 Å². The number of carbonyl (C=O) groups excluding carboxylic acids is 2. The molecule has 1 aliphatic heterocycles. The SMILES string of the molecule is CCOC(=O)c1cc(NC(=O)c2ccc(OCC)c(Br)c2)ccc1N1CCOCC1. The number of esters is 1. The summed E-state index contributed by atoms with van der Waals surface area (Å²) in [5, 5.41) is 2.85. The van der Waals surface area contributed by atoms with Crippen LogP contribution in [-0.4, -0.2) is 51.4 Å². The van der Waals surface area contributed by atoms with E-state index in [-0.39, 0.29) is 12.5 Å². The van der Waals surface area contributed by atoms with Crippen LogP contribution in [0.2, 0.25) is 0 Å². The maximum Gasteiger partial charge on any atom is 0.340 e. The van der Waals surface area contributed by atoms with E-state index in [0.717, 1.165) is 5.69 Å². The van der Waals surface area contributed by atoms with E-state index in [4.69, 9.17) is 14.2 Å². The van der Waals surface area contributed by atoms with Crippen molar-refractivity contribution in [1.82, 2.24) is 0 Å². The highest BCUT2D eigenvalue weighted by Crippen LogP contribution is 2.28. The Morgan fingerprint density at radius 2 is 1.87 bits per heavy atom. The van der Waals surface area contributed by atoms with E-state index in [1.54, 1.807) is 37.3 Å². The fourth-order valence-electron chi connectivity index (χ4n) is 3.18. The van der Waals surface area contributed by atoms with Gasteiger partial charge in [-0.1, -0.05) is 0 Å². The first kappa shape index (κ1) is 22.1. The van der Waals surface area contributed by atoms with E-state index < -0.39 is 5.97 Å². The van der Waals surface area contributed by atoms with E-state index in [1.165, 1.54) is 0 Å². The number of carbonyl (C=O) groups is 2. The summed E-state index contributed by atoms with van der Waals surface area (Å²) in [4.78, 5) is 27.3. The van der Waals surface area contributed by atoms with Crippen LogP contribution in [0.25, 0.3) is 0 Å². The van der Waals surface area contributed by atoms with Gasteiger partial charge in [-0.15, -0.1) is 0 Å². The molecule has 1 saturated heterocycles. The van der Waals surface area contributed by atoms with Crippen LogP contribution < -0.4 is 15.0 Å². The number of benzene rings is 2. The molecule has 0 saturated carbocycles. The van der Waals surface area contributed by atoms with Gasteiger partial charge >= 0.3 is 5.97 Å². The molecule has 8 heteroatoms. The van der Waals surface area contributed by atoms with Crippen molar-refractivity contribution in [1.29, 1.82) is 0 Å². The van der Waals surface area contributed by atoms with E-state index in [9.17, 15) is 9.59 Å². The molecule has 160 valence electrons. The normalized spacial score (nSPS) is 13.6. The van der Waals surface area contributed by atoms with Gasteiger partial charge in [0.2, 0.25) is 0 Å². The summed E-state index contributed by atoms with van der Waals surface area (Å²) >= 11 is 3.42. The first-order valence-electron chi connectivity index (χ1n) is 9.91. The van der Waals surface area contributed by atoms with Gasteiger partial charge in [0, 0.05) is 24.3 Å². The Morgan fingerprint density at radius 3 is 2.53 bits per heavy atom. The Kier molecular flexibility index (Phi) is 7.70. The predicted octanol–water partition coefficient (Wildman–Crippen LogP) is 4.11. The first-order chi connectivity index (χ1) is 14.5. The molecule has 1 N–H and O–H groups in total. The molecule has 1 heterocycles. The number of amides is 1. The molecule has 0 spiro atoms. The number of morpholine rings is 1. The molecular formula is C22H25BrN2O5. The summed E-state index contributed by atoms with van der Waals surface area (Å²) in [7, 11) is 0. The van der Waals surface area contributed by atoms with Crippen LogP contribution in [0.3, 0.4) is 0 Å². The van der Waals surface area contributed by atoms with Gasteiger partial charge in [-0.2, -0.15) is 0 Å². The van der Waals surface area contributed by atoms with Crippen molar-refractivity contribution in [2.45, 2.75) is 13.8 Å². The highest BCUT2D eigenvalue weighted by molar-refractivity contribution is 9.10. The summed E-state index contributed by atoms with van der Waals surface area (Å²) in [6, 6.07) is 10.4. The highest BCUT2D eigenvalue weighted by atomic mass is 79.9. The van der Waals surface area contributed by atoms with Gasteiger partial charge in [-0.25, -0.2) is 4.79 Å². The molecule has 0 unspecified atom stereocenters. The molecular weight excluding hydrogens is 452 g/mol. The molecule has 1 fully saturated rings. The second kappa shape index (κ2) is 10.4. The topological polar surface area (TPSA) is 77.1 Å². The Hall–Kier alpha value is -2.58. The zero-order chi connectivity index (χ0) is 21.5. The smallest absolute Gasteiger partial charge is 0.340 e. The molecule has 0 aromatic heterocycles. The van der Waals surface area contributed by atoms with Crippen molar-refractivity contribution in [2.75, 3.05) is 49.7 Å². The van der Waals surface area contributed by atoms with Crippen LogP contribution in [0.15, 0.2) is 40.9 Å². The van der Waals surface area contributed by atoms with Crippen LogP contribution in [-0.2, 0) is 9.47 Å². The number of hydrogen-bond donors (Lipinski definition) is 1. The minimum Gasteiger partial charge on any atom is -0.493 e. The number of nitrogens with one attached hydrogen (secondary N) is 1. The maximum absolute atomic E-state index is 12.7. The molecule has 3 rings (SSSR count). The van der Waals surface area contributed by atoms with Gasteiger partial charge in [0.1, 0.15) is 5.75 Å². The van der Waals surface area contributed by atoms with Crippen LogP contribution in [0.5, 0.6) is 5.75 Å². The van der Waals surface area contributed by atoms with Gasteiger partial charge in [-0.05, 0) is 66.2 Å². The molecule has 30 heavy (non-hydrogen) atoms. The van der Waals surface area contributed by atoms with Crippen molar-refractivity contribution < 1.29 is 23.8 Å². The van der Waals surface area contributed by atoms with Crippen LogP contribution in [0.4, 0.5) is 11.4 Å². The Morgan fingerprint density at radius 1 is 1.10 bits per heavy atom. The van der Waals surface area contributed by atoms with Crippen molar-refractivity contribution >= 4 is 39.2 Å². The van der Waals surface area contributed by atoms with Gasteiger partial charge in [0.15, 0.2) is 0 Å². The number of rotatable bonds is 7. The lowest BCUT2D eigenvalue weighted by molar-refractivity contribution is 0.0526. The standard InChI is InChI=1S/C22H25BrN2O5/c1-3-29-20-8-5-15(13-18(20)23)21(26)24-16-6-7-19(25-9-11-28-12-10-25)17(14-16)22(27)30-4-2/h5-8,13-14H,3-4,9-12H2,1-2H3,(H,24,26). The van der Waals surface area contributed by atoms with E-state index >= 15 is 0 Å². The van der Waals surface area contributed by atoms with Gasteiger partial charge < -0.3 is 24.4 Å². The van der Waals surface area contributed by atoms with Crippen LogP contribution in [0.1, 0.15) is 34.6 Å². The second-order valence-corrected chi connectivity index (χ2v) is 7.44. The summed E-state index contributed by atoms with van der Waals surface area (Å²) < 4.78 is 16.8.